The number of hydrogen-bond donors (Lipinski definition) is 2. The van der Waals surface area contributed by atoms with Crippen LogP contribution in [0.1, 0.15) is 17.4 Å². The van der Waals surface area contributed by atoms with E-state index >= 15 is 0 Å². The van der Waals surface area contributed by atoms with Crippen LogP contribution in [0.4, 0.5) is 11.4 Å². The van der Waals surface area contributed by atoms with Crippen LogP contribution in [0.5, 0.6) is 0 Å². The van der Waals surface area contributed by atoms with Gasteiger partial charge in [-0.1, -0.05) is 6.07 Å². The number of nitro benzene ring substituents is 1. The van der Waals surface area contributed by atoms with E-state index in [1.165, 1.54) is 42.9 Å². The lowest BCUT2D eigenvalue weighted by atomic mass is 9.87. The molecule has 4 heterocycles. The molecule has 1 aliphatic rings. The number of nitrogens with zero attached hydrogens (tertiary/aromatic N) is 3. The lowest BCUT2D eigenvalue weighted by Crippen LogP contribution is -2.40. The maximum atomic E-state index is 13.7. The highest BCUT2D eigenvalue weighted by molar-refractivity contribution is 7.07. The number of fused-ring (bicyclic) bond motifs is 1. The van der Waals surface area contributed by atoms with Gasteiger partial charge in [0.2, 0.25) is 0 Å². The molecule has 0 radical (unpaired) electrons. The molecule has 1 amide bonds. The van der Waals surface area contributed by atoms with Crippen molar-refractivity contribution in [3.8, 4) is 6.07 Å². The molecule has 0 saturated carbocycles. The van der Waals surface area contributed by atoms with Crippen LogP contribution >= 0.6 is 11.3 Å². The third kappa shape index (κ3) is 3.79. The first kappa shape index (κ1) is 22.6. The molecule has 12 heteroatoms. The van der Waals surface area contributed by atoms with Crippen molar-refractivity contribution in [2.45, 2.75) is 5.92 Å². The van der Waals surface area contributed by atoms with Gasteiger partial charge in [-0.15, -0.1) is 11.3 Å². The molecule has 0 saturated heterocycles. The average molecular weight is 501 g/mol. The second kappa shape index (κ2) is 8.90. The van der Waals surface area contributed by atoms with Gasteiger partial charge in [0.05, 0.1) is 45.1 Å². The zero-order chi connectivity index (χ0) is 25.4. The summed E-state index contributed by atoms with van der Waals surface area (Å²) in [4.78, 5) is 37.5. The SMILES string of the molecule is N#CC1=C(N)n2c(s/c(=C\c3ccco3)c2=O)=C(C(=O)Nc2cccc([N+](=O)[O-])c2)C1c1ccco1. The van der Waals surface area contributed by atoms with E-state index in [1.807, 2.05) is 6.07 Å². The van der Waals surface area contributed by atoms with Crippen LogP contribution in [0.15, 0.2) is 80.3 Å². The summed E-state index contributed by atoms with van der Waals surface area (Å²) < 4.78 is 12.4. The van der Waals surface area contributed by atoms with E-state index in [0.717, 1.165) is 15.9 Å². The Morgan fingerprint density at radius 3 is 2.67 bits per heavy atom. The van der Waals surface area contributed by atoms with Gasteiger partial charge in [0.25, 0.3) is 17.2 Å². The van der Waals surface area contributed by atoms with Crippen LogP contribution < -0.4 is 25.8 Å². The Bertz CT molecular complexity index is 1750. The maximum absolute atomic E-state index is 13.7. The highest BCUT2D eigenvalue weighted by Crippen LogP contribution is 2.36. The molecule has 0 bridgehead atoms. The molecule has 1 aromatic carbocycles. The van der Waals surface area contributed by atoms with Crippen LogP contribution in [-0.2, 0) is 4.79 Å². The number of furan rings is 2. The van der Waals surface area contributed by atoms with Crippen LogP contribution in [0.3, 0.4) is 0 Å². The molecular formula is C24H15N5O6S. The lowest BCUT2D eigenvalue weighted by Gasteiger charge is -2.23. The van der Waals surface area contributed by atoms with Crippen molar-refractivity contribution in [1.82, 2.24) is 4.57 Å². The second-order valence-corrected chi connectivity index (χ2v) is 8.64. The fraction of sp³-hybridized carbons (Fsp3) is 0.0417. The Hall–Kier alpha value is -5.15. The van der Waals surface area contributed by atoms with E-state index in [1.54, 1.807) is 24.3 Å². The third-order valence-corrected chi connectivity index (χ3v) is 6.58. The maximum Gasteiger partial charge on any atom is 0.274 e. The summed E-state index contributed by atoms with van der Waals surface area (Å²) >= 11 is 0.996. The minimum Gasteiger partial charge on any atom is -0.468 e. The van der Waals surface area contributed by atoms with Crippen molar-refractivity contribution < 1.29 is 18.6 Å². The van der Waals surface area contributed by atoms with E-state index in [-0.39, 0.29) is 43.3 Å². The Balaban J connectivity index is 1.77. The molecule has 5 rings (SSSR count). The van der Waals surface area contributed by atoms with Crippen molar-refractivity contribution >= 4 is 46.1 Å². The fourth-order valence-corrected chi connectivity index (χ4v) is 5.06. The number of hydrogen-bond acceptors (Lipinski definition) is 9. The number of anilines is 1. The first-order valence-corrected chi connectivity index (χ1v) is 11.2. The van der Waals surface area contributed by atoms with Crippen LogP contribution in [0.25, 0.3) is 17.5 Å². The number of non-ortho nitro benzene ring substituents is 1. The molecule has 0 fully saturated rings. The van der Waals surface area contributed by atoms with Gasteiger partial charge >= 0.3 is 0 Å². The second-order valence-electron chi connectivity index (χ2n) is 7.61. The summed E-state index contributed by atoms with van der Waals surface area (Å²) in [7, 11) is 0. The molecule has 36 heavy (non-hydrogen) atoms. The van der Waals surface area contributed by atoms with Crippen LogP contribution in [0.2, 0.25) is 0 Å². The van der Waals surface area contributed by atoms with Crippen molar-refractivity contribution in [1.29, 1.82) is 5.26 Å². The molecule has 1 unspecified atom stereocenters. The topological polar surface area (TPSA) is 170 Å². The number of nitrogens with two attached hydrogens (primary N) is 1. The van der Waals surface area contributed by atoms with Gasteiger partial charge in [0.1, 0.15) is 22.0 Å². The highest BCUT2D eigenvalue weighted by Gasteiger charge is 2.37. The molecule has 178 valence electrons. The van der Waals surface area contributed by atoms with E-state index in [2.05, 4.69) is 5.32 Å². The van der Waals surface area contributed by atoms with E-state index < -0.39 is 22.3 Å². The number of rotatable bonds is 5. The standard InChI is InChI=1S/C24H15N5O6S/c25-12-16-19(17-7-3-9-35-17)20(22(30)27-13-4-1-5-14(10-13)29(32)33)24-28(21(16)26)23(31)18(36-24)11-15-6-2-8-34-15/h1-11,19H,26H2,(H,27,30)/b18-11-. The number of aromatic nitrogens is 1. The summed E-state index contributed by atoms with van der Waals surface area (Å²) in [6, 6.07) is 13.9. The largest absolute Gasteiger partial charge is 0.468 e. The predicted octanol–water partition coefficient (Wildman–Crippen LogP) is 2.07. The Morgan fingerprint density at radius 1 is 1.22 bits per heavy atom. The van der Waals surface area contributed by atoms with Gasteiger partial charge in [-0.3, -0.25) is 24.3 Å². The normalized spacial score (nSPS) is 15.5. The number of allylic oxidation sites excluding steroid dienone is 1. The summed E-state index contributed by atoms with van der Waals surface area (Å²) in [6.07, 6.45) is 4.36. The van der Waals surface area contributed by atoms with Crippen molar-refractivity contribution in [3.05, 3.63) is 108 Å². The zero-order valence-corrected chi connectivity index (χ0v) is 19.0. The average Bonchev–Trinajstić information content (AvgIpc) is 3.62. The Kier molecular flexibility index (Phi) is 5.59. The minimum atomic E-state index is -1.02. The van der Waals surface area contributed by atoms with E-state index in [9.17, 15) is 25.0 Å². The Morgan fingerprint density at radius 2 is 2.00 bits per heavy atom. The van der Waals surface area contributed by atoms with Crippen molar-refractivity contribution in [2.75, 3.05) is 5.32 Å². The van der Waals surface area contributed by atoms with E-state index in [0.29, 0.717) is 5.76 Å². The highest BCUT2D eigenvalue weighted by atomic mass is 32.1. The Labute approximate surface area is 205 Å². The number of carbonyl (C=O) groups is 1. The molecule has 1 aliphatic heterocycles. The molecule has 11 nitrogen and oxygen atoms in total. The van der Waals surface area contributed by atoms with Crippen LogP contribution in [-0.4, -0.2) is 15.4 Å². The molecule has 1 atom stereocenters. The summed E-state index contributed by atoms with van der Waals surface area (Å²) in [5.74, 6) is -1.14. The number of nitrogens with one attached hydrogen (secondary N) is 1. The fourth-order valence-electron chi connectivity index (χ4n) is 3.91. The van der Waals surface area contributed by atoms with Gasteiger partial charge in [0.15, 0.2) is 0 Å². The third-order valence-electron chi connectivity index (χ3n) is 5.47. The lowest BCUT2D eigenvalue weighted by molar-refractivity contribution is -0.384. The zero-order valence-electron chi connectivity index (χ0n) is 18.2. The summed E-state index contributed by atoms with van der Waals surface area (Å²) in [5, 5.41) is 23.8. The number of nitro groups is 1. The molecule has 3 N–H and O–H groups in total. The number of benzene rings is 1. The van der Waals surface area contributed by atoms with Gasteiger partial charge in [-0.2, -0.15) is 5.26 Å². The first-order chi connectivity index (χ1) is 17.4. The van der Waals surface area contributed by atoms with Gasteiger partial charge < -0.3 is 19.9 Å². The molecule has 4 aromatic rings. The molecular weight excluding hydrogens is 486 g/mol. The molecule has 3 aromatic heterocycles. The smallest absolute Gasteiger partial charge is 0.274 e. The number of thiazole rings is 1. The number of carbonyl (C=O) groups excluding carboxylic acids is 1. The van der Waals surface area contributed by atoms with Crippen LogP contribution in [0, 0.1) is 21.4 Å². The number of nitriles is 1. The number of amides is 1. The minimum absolute atomic E-state index is 0.0309. The van der Waals surface area contributed by atoms with Gasteiger partial charge in [-0.05, 0) is 30.3 Å². The monoisotopic (exact) mass is 501 g/mol. The first-order valence-electron chi connectivity index (χ1n) is 10.4. The predicted molar refractivity (Wildman–Crippen MR) is 130 cm³/mol. The van der Waals surface area contributed by atoms with Gasteiger partial charge in [-0.25, -0.2) is 0 Å². The van der Waals surface area contributed by atoms with Crippen molar-refractivity contribution in [3.63, 3.8) is 0 Å². The summed E-state index contributed by atoms with van der Waals surface area (Å²) in [5.41, 5.74) is 5.68. The van der Waals surface area contributed by atoms with Gasteiger partial charge in [0, 0.05) is 23.9 Å². The van der Waals surface area contributed by atoms with E-state index in [4.69, 9.17) is 14.6 Å². The molecule has 0 spiro atoms. The quantitative estimate of drug-likeness (QED) is 0.309. The summed E-state index contributed by atoms with van der Waals surface area (Å²) in [6.45, 7) is 0. The van der Waals surface area contributed by atoms with Crippen molar-refractivity contribution in [2.24, 2.45) is 5.73 Å². The molecule has 0 aliphatic carbocycles.